The number of halogens is 2. The summed E-state index contributed by atoms with van der Waals surface area (Å²) >= 11 is 0. The highest BCUT2D eigenvalue weighted by Gasteiger charge is 2.30. The third-order valence-corrected chi connectivity index (χ3v) is 5.63. The summed E-state index contributed by atoms with van der Waals surface area (Å²) in [6.45, 7) is 2.31. The van der Waals surface area contributed by atoms with Crippen LogP contribution in [-0.4, -0.2) is 0 Å². The molecule has 0 radical (unpaired) electrons. The molecule has 0 amide bonds. The van der Waals surface area contributed by atoms with Crippen molar-refractivity contribution >= 4 is 0 Å². The minimum Gasteiger partial charge on any atom is -0.174 e. The predicted molar refractivity (Wildman–Crippen MR) is 76.1 cm³/mol. The average Bonchev–Trinajstić information content (AvgIpc) is 2.46. The fourth-order valence-electron chi connectivity index (χ4n) is 4.22. The summed E-state index contributed by atoms with van der Waals surface area (Å²) in [5.41, 5.74) is 0. The van der Waals surface area contributed by atoms with Crippen LogP contribution in [-0.2, 0) is 0 Å². The van der Waals surface area contributed by atoms with Crippen molar-refractivity contribution in [1.82, 2.24) is 0 Å². The summed E-state index contributed by atoms with van der Waals surface area (Å²) < 4.78 is 24.2. The molecule has 110 valence electrons. The molecule has 0 unspecified atom stereocenters. The first-order valence-electron chi connectivity index (χ1n) is 8.20. The molecule has 0 nitrogen and oxygen atoms in total. The Hall–Kier alpha value is -0.400. The van der Waals surface area contributed by atoms with Crippen LogP contribution in [0.1, 0.15) is 71.1 Å². The van der Waals surface area contributed by atoms with Gasteiger partial charge in [-0.15, -0.1) is 0 Å². The lowest BCUT2D eigenvalue weighted by molar-refractivity contribution is 0.145. The number of allylic oxidation sites excluding steroid dienone is 1. The van der Waals surface area contributed by atoms with Crippen LogP contribution >= 0.6 is 0 Å². The molecule has 2 fully saturated rings. The van der Waals surface area contributed by atoms with E-state index in [0.717, 1.165) is 23.8 Å². The molecule has 0 aliphatic heterocycles. The Morgan fingerprint density at radius 2 is 1.32 bits per heavy atom. The Bertz CT molecular complexity index is 278. The van der Waals surface area contributed by atoms with E-state index in [-0.39, 0.29) is 0 Å². The maximum atomic E-state index is 12.1. The zero-order valence-corrected chi connectivity index (χ0v) is 12.2. The van der Waals surface area contributed by atoms with Crippen LogP contribution in [0.25, 0.3) is 0 Å². The lowest BCUT2D eigenvalue weighted by atomic mass is 9.68. The van der Waals surface area contributed by atoms with Gasteiger partial charge in [-0.1, -0.05) is 26.2 Å². The summed E-state index contributed by atoms with van der Waals surface area (Å²) in [7, 11) is 0. The Morgan fingerprint density at radius 3 is 1.74 bits per heavy atom. The molecule has 0 bridgehead atoms. The molecule has 0 spiro atoms. The van der Waals surface area contributed by atoms with Gasteiger partial charge in [0.1, 0.15) is 0 Å². The van der Waals surface area contributed by atoms with Crippen molar-refractivity contribution in [2.75, 3.05) is 0 Å². The van der Waals surface area contributed by atoms with Crippen molar-refractivity contribution in [2.24, 2.45) is 23.7 Å². The lowest BCUT2D eigenvalue weighted by Gasteiger charge is -2.37. The summed E-state index contributed by atoms with van der Waals surface area (Å²) in [5, 5.41) is 0. The van der Waals surface area contributed by atoms with E-state index in [1.165, 1.54) is 57.8 Å². The van der Waals surface area contributed by atoms with E-state index in [1.54, 1.807) is 0 Å². The maximum absolute atomic E-state index is 12.1. The lowest BCUT2D eigenvalue weighted by Crippen LogP contribution is -2.25. The largest absolute Gasteiger partial charge is 0.266 e. The van der Waals surface area contributed by atoms with Crippen molar-refractivity contribution in [2.45, 2.75) is 71.1 Å². The molecule has 2 saturated carbocycles. The number of rotatable bonds is 4. The van der Waals surface area contributed by atoms with E-state index in [0.29, 0.717) is 12.3 Å². The third kappa shape index (κ3) is 4.57. The van der Waals surface area contributed by atoms with Gasteiger partial charge in [0, 0.05) is 0 Å². The first kappa shape index (κ1) is 15.0. The van der Waals surface area contributed by atoms with E-state index < -0.39 is 6.08 Å². The topological polar surface area (TPSA) is 0 Å². The standard InChI is InChI=1S/C17H28F2/c1-2-13-3-8-15(9-4-13)16-10-5-14(6-11-16)7-12-17(18)19/h12-16H,2-11H2,1H3. The molecule has 2 aliphatic carbocycles. The van der Waals surface area contributed by atoms with Gasteiger partial charge in [0.2, 0.25) is 0 Å². The molecule has 0 N–H and O–H groups in total. The highest BCUT2D eigenvalue weighted by Crippen LogP contribution is 2.42. The monoisotopic (exact) mass is 270 g/mol. The van der Waals surface area contributed by atoms with Crippen molar-refractivity contribution in [3.05, 3.63) is 12.2 Å². The second-order valence-electron chi connectivity index (χ2n) is 6.70. The second-order valence-corrected chi connectivity index (χ2v) is 6.70. The Morgan fingerprint density at radius 1 is 0.842 bits per heavy atom. The number of hydrogen-bond donors (Lipinski definition) is 0. The summed E-state index contributed by atoms with van der Waals surface area (Å²) in [5.74, 6) is 3.33. The zero-order chi connectivity index (χ0) is 13.7. The highest BCUT2D eigenvalue weighted by molar-refractivity contribution is 4.87. The SMILES string of the molecule is CCC1CCC(C2CCC(CC=C(F)F)CC2)CC1. The zero-order valence-electron chi connectivity index (χ0n) is 12.2. The van der Waals surface area contributed by atoms with Gasteiger partial charge in [-0.05, 0) is 74.7 Å². The minimum atomic E-state index is -1.50. The molecule has 2 heteroatoms. The number of hydrogen-bond acceptors (Lipinski definition) is 0. The Labute approximate surface area is 116 Å². The van der Waals surface area contributed by atoms with Crippen LogP contribution in [0.3, 0.4) is 0 Å². The van der Waals surface area contributed by atoms with Crippen molar-refractivity contribution < 1.29 is 8.78 Å². The van der Waals surface area contributed by atoms with E-state index >= 15 is 0 Å². The average molecular weight is 270 g/mol. The van der Waals surface area contributed by atoms with Crippen LogP contribution in [0, 0.1) is 23.7 Å². The molecular formula is C17H28F2. The second kappa shape index (κ2) is 7.40. The van der Waals surface area contributed by atoms with Crippen LogP contribution in [0.2, 0.25) is 0 Å². The summed E-state index contributed by atoms with van der Waals surface area (Å²) in [4.78, 5) is 0. The fourth-order valence-corrected chi connectivity index (χ4v) is 4.22. The van der Waals surface area contributed by atoms with Gasteiger partial charge < -0.3 is 0 Å². The molecule has 2 aliphatic rings. The molecule has 2 rings (SSSR count). The molecule has 19 heavy (non-hydrogen) atoms. The quantitative estimate of drug-likeness (QED) is 0.572. The van der Waals surface area contributed by atoms with Gasteiger partial charge in [-0.25, -0.2) is 0 Å². The van der Waals surface area contributed by atoms with E-state index in [2.05, 4.69) is 6.92 Å². The molecule has 0 aromatic rings. The van der Waals surface area contributed by atoms with Gasteiger partial charge in [0.15, 0.2) is 0 Å². The molecule has 0 aromatic carbocycles. The van der Waals surface area contributed by atoms with Gasteiger partial charge in [0.05, 0.1) is 0 Å². The van der Waals surface area contributed by atoms with Crippen molar-refractivity contribution in [1.29, 1.82) is 0 Å². The Kier molecular flexibility index (Phi) is 5.84. The fraction of sp³-hybridized carbons (Fsp3) is 0.882. The van der Waals surface area contributed by atoms with Gasteiger partial charge in [0.25, 0.3) is 6.08 Å². The highest BCUT2D eigenvalue weighted by atomic mass is 19.3. The first-order valence-corrected chi connectivity index (χ1v) is 8.20. The Balaban J connectivity index is 1.70. The molecule has 0 saturated heterocycles. The van der Waals surface area contributed by atoms with E-state index in [1.807, 2.05) is 0 Å². The van der Waals surface area contributed by atoms with Crippen LogP contribution in [0.5, 0.6) is 0 Å². The van der Waals surface area contributed by atoms with E-state index in [4.69, 9.17) is 0 Å². The minimum absolute atomic E-state index is 0.518. The van der Waals surface area contributed by atoms with Gasteiger partial charge in [-0.2, -0.15) is 8.78 Å². The van der Waals surface area contributed by atoms with Crippen LogP contribution in [0.4, 0.5) is 8.78 Å². The van der Waals surface area contributed by atoms with Gasteiger partial charge >= 0.3 is 0 Å². The van der Waals surface area contributed by atoms with Gasteiger partial charge in [-0.3, -0.25) is 0 Å². The van der Waals surface area contributed by atoms with E-state index in [9.17, 15) is 8.78 Å². The van der Waals surface area contributed by atoms with Crippen LogP contribution in [0.15, 0.2) is 12.2 Å². The first-order chi connectivity index (χ1) is 9.19. The maximum Gasteiger partial charge on any atom is 0.266 e. The molecule has 0 heterocycles. The smallest absolute Gasteiger partial charge is 0.174 e. The normalized spacial score (nSPS) is 35.9. The van der Waals surface area contributed by atoms with Crippen molar-refractivity contribution in [3.8, 4) is 0 Å². The summed E-state index contributed by atoms with van der Waals surface area (Å²) in [6, 6.07) is 0. The van der Waals surface area contributed by atoms with Crippen LogP contribution < -0.4 is 0 Å². The molecule has 0 aromatic heterocycles. The van der Waals surface area contributed by atoms with Crippen molar-refractivity contribution in [3.63, 3.8) is 0 Å². The predicted octanol–water partition coefficient (Wildman–Crippen LogP) is 6.18. The molecular weight excluding hydrogens is 242 g/mol. The summed E-state index contributed by atoms with van der Waals surface area (Å²) in [6.07, 6.45) is 12.2. The molecule has 0 atom stereocenters. The third-order valence-electron chi connectivity index (χ3n) is 5.63.